The lowest BCUT2D eigenvalue weighted by atomic mass is 9.99. The van der Waals surface area contributed by atoms with E-state index in [1.165, 1.54) is 12.1 Å². The third-order valence-corrected chi connectivity index (χ3v) is 3.22. The van der Waals surface area contributed by atoms with Gasteiger partial charge in [0.2, 0.25) is 5.91 Å². The minimum absolute atomic E-state index is 0.0143. The third-order valence-electron chi connectivity index (χ3n) is 3.22. The van der Waals surface area contributed by atoms with Crippen LogP contribution >= 0.6 is 0 Å². The largest absolute Gasteiger partial charge is 0.490 e. The van der Waals surface area contributed by atoms with E-state index in [0.717, 1.165) is 0 Å². The molecule has 1 rings (SSSR count). The minimum atomic E-state index is -1.06. The molecule has 1 amide bonds. The lowest BCUT2D eigenvalue weighted by Gasteiger charge is -2.20. The molecule has 5 nitrogen and oxygen atoms in total. The van der Waals surface area contributed by atoms with Gasteiger partial charge in [-0.25, -0.2) is 9.18 Å². The van der Waals surface area contributed by atoms with Crippen molar-refractivity contribution in [1.82, 2.24) is 5.32 Å². The Labute approximate surface area is 123 Å². The lowest BCUT2D eigenvalue weighted by Crippen LogP contribution is -2.45. The van der Waals surface area contributed by atoms with E-state index in [4.69, 9.17) is 9.84 Å². The highest BCUT2D eigenvalue weighted by Crippen LogP contribution is 2.15. The van der Waals surface area contributed by atoms with Crippen LogP contribution in [0.4, 0.5) is 4.39 Å². The summed E-state index contributed by atoms with van der Waals surface area (Å²) in [5.41, 5.74) is 0. The van der Waals surface area contributed by atoms with Crippen molar-refractivity contribution in [3.05, 3.63) is 30.1 Å². The summed E-state index contributed by atoms with van der Waals surface area (Å²) < 4.78 is 18.4. The van der Waals surface area contributed by atoms with Crippen LogP contribution in [-0.4, -0.2) is 29.6 Å². The number of ether oxygens (including phenoxy) is 1. The first-order valence-corrected chi connectivity index (χ1v) is 6.85. The Kier molecular flexibility index (Phi) is 6.65. The highest BCUT2D eigenvalue weighted by Gasteiger charge is 2.25. The zero-order chi connectivity index (χ0) is 15.8. The van der Waals surface area contributed by atoms with Crippen molar-refractivity contribution in [2.75, 3.05) is 6.61 Å². The van der Waals surface area contributed by atoms with Gasteiger partial charge in [0, 0.05) is 0 Å². The topological polar surface area (TPSA) is 75.6 Å². The standard InChI is InChI=1S/C15H20FNO4/c1-3-10(2)14(15(19)20)17-13(18)8-9-21-12-7-5-4-6-11(12)16/h4-7,10,14H,3,8-9H2,1-2H3,(H,17,18)(H,19,20)/t10-,14-/m0/s1. The van der Waals surface area contributed by atoms with Gasteiger partial charge in [0.25, 0.3) is 0 Å². The van der Waals surface area contributed by atoms with Crippen LogP contribution in [-0.2, 0) is 9.59 Å². The number of nitrogens with one attached hydrogen (secondary N) is 1. The predicted molar refractivity (Wildman–Crippen MR) is 75.5 cm³/mol. The Hall–Kier alpha value is -2.11. The maximum atomic E-state index is 13.3. The Balaban J connectivity index is 2.43. The van der Waals surface area contributed by atoms with Crippen molar-refractivity contribution in [1.29, 1.82) is 0 Å². The average Bonchev–Trinajstić information content (AvgIpc) is 2.45. The molecule has 0 radical (unpaired) electrons. The first kappa shape index (κ1) is 16.9. The summed E-state index contributed by atoms with van der Waals surface area (Å²) in [5.74, 6) is -2.09. The van der Waals surface area contributed by atoms with Gasteiger partial charge in [-0.2, -0.15) is 0 Å². The minimum Gasteiger partial charge on any atom is -0.490 e. The first-order valence-electron chi connectivity index (χ1n) is 6.85. The van der Waals surface area contributed by atoms with Gasteiger partial charge in [-0.15, -0.1) is 0 Å². The number of hydrogen-bond donors (Lipinski definition) is 2. The second-order valence-electron chi connectivity index (χ2n) is 4.80. The van der Waals surface area contributed by atoms with Crippen LogP contribution in [0.25, 0.3) is 0 Å². The number of carbonyl (C=O) groups is 2. The van der Waals surface area contributed by atoms with E-state index in [1.807, 2.05) is 6.92 Å². The fourth-order valence-corrected chi connectivity index (χ4v) is 1.74. The lowest BCUT2D eigenvalue weighted by molar-refractivity contribution is -0.143. The van der Waals surface area contributed by atoms with Crippen LogP contribution in [0.15, 0.2) is 24.3 Å². The molecule has 1 aromatic carbocycles. The Morgan fingerprint density at radius 3 is 2.62 bits per heavy atom. The second-order valence-corrected chi connectivity index (χ2v) is 4.80. The quantitative estimate of drug-likeness (QED) is 0.771. The molecule has 0 heterocycles. The maximum absolute atomic E-state index is 13.3. The molecule has 2 atom stereocenters. The molecule has 6 heteroatoms. The fourth-order valence-electron chi connectivity index (χ4n) is 1.74. The third kappa shape index (κ3) is 5.41. The maximum Gasteiger partial charge on any atom is 0.326 e. The molecule has 0 bridgehead atoms. The molecule has 0 aliphatic heterocycles. The number of halogens is 1. The van der Waals surface area contributed by atoms with E-state index in [0.29, 0.717) is 6.42 Å². The molecule has 0 fully saturated rings. The summed E-state index contributed by atoms with van der Waals surface area (Å²) in [4.78, 5) is 22.8. The molecule has 0 aliphatic carbocycles. The molecule has 0 unspecified atom stereocenters. The molecule has 1 aromatic rings. The number of aliphatic carboxylic acids is 1. The highest BCUT2D eigenvalue weighted by atomic mass is 19.1. The van der Waals surface area contributed by atoms with Crippen LogP contribution in [0.5, 0.6) is 5.75 Å². The predicted octanol–water partition coefficient (Wildman–Crippen LogP) is 2.21. The van der Waals surface area contributed by atoms with Gasteiger partial charge >= 0.3 is 5.97 Å². The second kappa shape index (κ2) is 8.24. The Morgan fingerprint density at radius 2 is 2.05 bits per heavy atom. The van der Waals surface area contributed by atoms with Crippen LogP contribution in [0.3, 0.4) is 0 Å². The van der Waals surface area contributed by atoms with Gasteiger partial charge in [-0.3, -0.25) is 4.79 Å². The molecule has 21 heavy (non-hydrogen) atoms. The van der Waals surface area contributed by atoms with Gasteiger partial charge in [0.1, 0.15) is 6.04 Å². The van der Waals surface area contributed by atoms with Crippen molar-refractivity contribution in [2.24, 2.45) is 5.92 Å². The van der Waals surface area contributed by atoms with Crippen LogP contribution in [0, 0.1) is 11.7 Å². The van der Waals surface area contributed by atoms with Crippen molar-refractivity contribution in [2.45, 2.75) is 32.7 Å². The van der Waals surface area contributed by atoms with Crippen LogP contribution in [0.2, 0.25) is 0 Å². The smallest absolute Gasteiger partial charge is 0.326 e. The normalized spacial score (nSPS) is 13.3. The van der Waals surface area contributed by atoms with Crippen molar-refractivity contribution < 1.29 is 23.8 Å². The number of carboxylic acid groups (broad SMARTS) is 1. The van der Waals surface area contributed by atoms with E-state index in [1.54, 1.807) is 19.1 Å². The number of carboxylic acids is 1. The monoisotopic (exact) mass is 297 g/mol. The van der Waals surface area contributed by atoms with Crippen molar-refractivity contribution in [3.63, 3.8) is 0 Å². The molecule has 0 saturated heterocycles. The summed E-state index contributed by atoms with van der Waals surface area (Å²) in [6.45, 7) is 3.60. The van der Waals surface area contributed by atoms with Gasteiger partial charge in [-0.05, 0) is 18.1 Å². The summed E-state index contributed by atoms with van der Waals surface area (Å²) >= 11 is 0. The molecule has 0 aliphatic rings. The SMILES string of the molecule is CC[C@H](C)[C@H](NC(=O)CCOc1ccccc1F)C(=O)O. The molecule has 116 valence electrons. The number of benzene rings is 1. The zero-order valence-corrected chi connectivity index (χ0v) is 12.1. The molecular weight excluding hydrogens is 277 g/mol. The summed E-state index contributed by atoms with van der Waals surface area (Å²) in [6, 6.07) is 4.97. The zero-order valence-electron chi connectivity index (χ0n) is 12.1. The number of rotatable bonds is 8. The number of carbonyl (C=O) groups excluding carboxylic acids is 1. The van der Waals surface area contributed by atoms with Crippen molar-refractivity contribution >= 4 is 11.9 Å². The van der Waals surface area contributed by atoms with Crippen molar-refractivity contribution in [3.8, 4) is 5.75 Å². The Bertz CT molecular complexity index is 492. The summed E-state index contributed by atoms with van der Waals surface area (Å²) in [5, 5.41) is 11.5. The highest BCUT2D eigenvalue weighted by molar-refractivity contribution is 5.83. The van der Waals surface area contributed by atoms with Gasteiger partial charge in [-0.1, -0.05) is 32.4 Å². The van der Waals surface area contributed by atoms with E-state index in [-0.39, 0.29) is 24.7 Å². The number of amides is 1. The van der Waals surface area contributed by atoms with Gasteiger partial charge in [0.05, 0.1) is 13.0 Å². The fraction of sp³-hybridized carbons (Fsp3) is 0.467. The van der Waals surface area contributed by atoms with Crippen LogP contribution in [0.1, 0.15) is 26.7 Å². The average molecular weight is 297 g/mol. The Morgan fingerprint density at radius 1 is 1.38 bits per heavy atom. The van der Waals surface area contributed by atoms with E-state index in [2.05, 4.69) is 5.32 Å². The molecule has 0 saturated carbocycles. The van der Waals surface area contributed by atoms with Gasteiger partial charge < -0.3 is 15.2 Å². The van der Waals surface area contributed by atoms with E-state index >= 15 is 0 Å². The number of para-hydroxylation sites is 1. The van der Waals surface area contributed by atoms with E-state index in [9.17, 15) is 14.0 Å². The van der Waals surface area contributed by atoms with Crippen LogP contribution < -0.4 is 10.1 Å². The van der Waals surface area contributed by atoms with E-state index < -0.39 is 23.7 Å². The number of hydrogen-bond acceptors (Lipinski definition) is 3. The summed E-state index contributed by atoms with van der Waals surface area (Å²) in [7, 11) is 0. The molecule has 2 N–H and O–H groups in total. The molecular formula is C15H20FNO4. The molecule has 0 aromatic heterocycles. The van der Waals surface area contributed by atoms with Gasteiger partial charge in [0.15, 0.2) is 11.6 Å². The first-order chi connectivity index (χ1) is 9.95. The summed E-state index contributed by atoms with van der Waals surface area (Å²) in [6.07, 6.45) is 0.609. The molecule has 0 spiro atoms.